The van der Waals surface area contributed by atoms with Crippen molar-refractivity contribution >= 4 is 40.6 Å². The smallest absolute Gasteiger partial charge is 0.263 e. The van der Waals surface area contributed by atoms with Gasteiger partial charge in [-0.2, -0.15) is 0 Å². The maximum Gasteiger partial charge on any atom is 0.263 e. The van der Waals surface area contributed by atoms with E-state index >= 15 is 0 Å². The lowest BCUT2D eigenvalue weighted by Crippen LogP contribution is -2.40. The fourth-order valence-corrected chi connectivity index (χ4v) is 3.62. The van der Waals surface area contributed by atoms with Crippen molar-refractivity contribution in [2.24, 2.45) is 0 Å². The Balaban J connectivity index is 1.99. The van der Waals surface area contributed by atoms with Crippen LogP contribution in [-0.4, -0.2) is 31.0 Å². The number of halogens is 2. The summed E-state index contributed by atoms with van der Waals surface area (Å²) in [5.74, 6) is -0.389. The van der Waals surface area contributed by atoms with Crippen molar-refractivity contribution in [3.05, 3.63) is 57.6 Å². The third-order valence-corrected chi connectivity index (χ3v) is 4.80. The number of hydrogen-bond acceptors (Lipinski definition) is 4. The van der Waals surface area contributed by atoms with Crippen LogP contribution in [0.25, 0.3) is 0 Å². The van der Waals surface area contributed by atoms with Crippen molar-refractivity contribution < 1.29 is 19.4 Å². The minimum absolute atomic E-state index is 0.236. The molecule has 1 atom stereocenters. The van der Waals surface area contributed by atoms with Gasteiger partial charge in [0.1, 0.15) is 5.75 Å². The summed E-state index contributed by atoms with van der Waals surface area (Å²) in [5.41, 5.74) is -1.04. The molecule has 1 amide bonds. The van der Waals surface area contributed by atoms with E-state index in [1.165, 1.54) is 31.2 Å². The molecule has 0 aromatic heterocycles. The van der Waals surface area contributed by atoms with Crippen LogP contribution in [0.15, 0.2) is 36.4 Å². The first-order chi connectivity index (χ1) is 11.8. The maximum atomic E-state index is 12.6. The lowest BCUT2D eigenvalue weighted by molar-refractivity contribution is -0.135. The molecule has 130 valence electrons. The Labute approximate surface area is 154 Å². The number of likely N-dealkylation sites (N-methyl/N-ethyl adjacent to an activating group) is 1. The Morgan fingerprint density at radius 2 is 1.88 bits per heavy atom. The molecule has 1 N–H and O–H groups in total. The number of carbonyl (C=O) groups is 2. The summed E-state index contributed by atoms with van der Waals surface area (Å²) in [6.07, 6.45) is -0.411. The lowest BCUT2D eigenvalue weighted by Gasteiger charge is -2.21. The molecule has 2 aromatic rings. The van der Waals surface area contributed by atoms with Gasteiger partial charge in [0.2, 0.25) is 0 Å². The van der Waals surface area contributed by atoms with E-state index in [1.807, 2.05) is 0 Å². The van der Waals surface area contributed by atoms with Gasteiger partial charge in [0.25, 0.3) is 5.91 Å². The number of amides is 1. The van der Waals surface area contributed by atoms with Crippen LogP contribution in [0.2, 0.25) is 10.0 Å². The fraction of sp³-hybridized carbons (Fsp3) is 0.222. The van der Waals surface area contributed by atoms with E-state index in [4.69, 9.17) is 27.9 Å². The van der Waals surface area contributed by atoms with Crippen molar-refractivity contribution in [3.63, 3.8) is 0 Å². The first-order valence-corrected chi connectivity index (χ1v) is 8.21. The second-order valence-corrected chi connectivity index (χ2v) is 6.68. The highest BCUT2D eigenvalue weighted by molar-refractivity contribution is 6.38. The molecule has 0 aliphatic carbocycles. The molecule has 1 aliphatic rings. The predicted molar refractivity (Wildman–Crippen MR) is 95.7 cm³/mol. The average molecular weight is 380 g/mol. The van der Waals surface area contributed by atoms with Gasteiger partial charge in [-0.25, -0.2) is 0 Å². The SMILES string of the molecule is COc1ccc(C(=O)C[C@@]2(O)C(=O)N(C)c3c(Cl)cc(Cl)cc32)cc1. The van der Waals surface area contributed by atoms with Gasteiger partial charge in [0.15, 0.2) is 11.4 Å². The molecule has 5 nitrogen and oxygen atoms in total. The van der Waals surface area contributed by atoms with Crippen LogP contribution in [0.1, 0.15) is 22.3 Å². The van der Waals surface area contributed by atoms with Crippen LogP contribution in [0.5, 0.6) is 5.75 Å². The molecule has 0 bridgehead atoms. The number of Topliss-reactive ketones (excluding diaryl/α,β-unsaturated/α-hetero) is 1. The highest BCUT2D eigenvalue weighted by atomic mass is 35.5. The molecule has 0 unspecified atom stereocenters. The van der Waals surface area contributed by atoms with Crippen LogP contribution in [0, 0.1) is 0 Å². The van der Waals surface area contributed by atoms with Gasteiger partial charge in [-0.05, 0) is 36.4 Å². The van der Waals surface area contributed by atoms with E-state index < -0.39 is 17.9 Å². The normalized spacial score (nSPS) is 19.1. The lowest BCUT2D eigenvalue weighted by atomic mass is 9.88. The van der Waals surface area contributed by atoms with E-state index in [1.54, 1.807) is 24.3 Å². The Hall–Kier alpha value is -2.08. The predicted octanol–water partition coefficient (Wildman–Crippen LogP) is 3.44. The number of anilines is 1. The van der Waals surface area contributed by atoms with Crippen LogP contribution < -0.4 is 9.64 Å². The van der Waals surface area contributed by atoms with Crippen molar-refractivity contribution in [1.82, 2.24) is 0 Å². The first kappa shape index (κ1) is 17.7. The summed E-state index contributed by atoms with van der Waals surface area (Å²) < 4.78 is 5.06. The quantitative estimate of drug-likeness (QED) is 0.826. The summed E-state index contributed by atoms with van der Waals surface area (Å²) in [6, 6.07) is 9.40. The van der Waals surface area contributed by atoms with E-state index in [-0.39, 0.29) is 21.4 Å². The van der Waals surface area contributed by atoms with Crippen LogP contribution >= 0.6 is 23.2 Å². The number of rotatable bonds is 4. The minimum atomic E-state index is -2.00. The van der Waals surface area contributed by atoms with E-state index in [0.717, 1.165) is 0 Å². The molecule has 0 radical (unpaired) electrons. The topological polar surface area (TPSA) is 66.8 Å². The standard InChI is InChI=1S/C18H15Cl2NO4/c1-21-16-13(7-11(19)8-14(16)20)18(24,17(21)23)9-15(22)10-3-5-12(25-2)6-4-10/h3-8,24H,9H2,1-2H3/t18-/m0/s1. The number of nitrogens with zero attached hydrogens (tertiary/aromatic N) is 1. The third kappa shape index (κ3) is 2.88. The van der Waals surface area contributed by atoms with Gasteiger partial charge in [-0.3, -0.25) is 9.59 Å². The molecular weight excluding hydrogens is 365 g/mol. The first-order valence-electron chi connectivity index (χ1n) is 7.45. The Kier molecular flexibility index (Phi) is 4.49. The minimum Gasteiger partial charge on any atom is -0.497 e. The van der Waals surface area contributed by atoms with Gasteiger partial charge in [0, 0.05) is 23.2 Å². The van der Waals surface area contributed by atoms with E-state index in [0.29, 0.717) is 17.0 Å². The Morgan fingerprint density at radius 3 is 2.48 bits per heavy atom. The summed E-state index contributed by atoms with van der Waals surface area (Å²) >= 11 is 12.2. The molecule has 0 saturated heterocycles. The number of benzene rings is 2. The van der Waals surface area contributed by atoms with Crippen LogP contribution in [-0.2, 0) is 10.4 Å². The number of aliphatic hydroxyl groups is 1. The van der Waals surface area contributed by atoms with E-state index in [2.05, 4.69) is 0 Å². The van der Waals surface area contributed by atoms with Crippen molar-refractivity contribution in [2.45, 2.75) is 12.0 Å². The largest absolute Gasteiger partial charge is 0.497 e. The second kappa shape index (κ2) is 6.33. The summed E-state index contributed by atoms with van der Waals surface area (Å²) in [6.45, 7) is 0. The molecule has 7 heteroatoms. The zero-order valence-corrected chi connectivity index (χ0v) is 15.1. The van der Waals surface area contributed by atoms with Crippen molar-refractivity contribution in [1.29, 1.82) is 0 Å². The number of carbonyl (C=O) groups excluding carboxylic acids is 2. The van der Waals surface area contributed by atoms with Gasteiger partial charge in [-0.15, -0.1) is 0 Å². The highest BCUT2D eigenvalue weighted by Crippen LogP contribution is 2.47. The van der Waals surface area contributed by atoms with Crippen LogP contribution in [0.3, 0.4) is 0 Å². The van der Waals surface area contributed by atoms with E-state index in [9.17, 15) is 14.7 Å². The molecule has 0 fully saturated rings. The molecule has 1 heterocycles. The molecule has 0 saturated carbocycles. The monoisotopic (exact) mass is 379 g/mol. The molecular formula is C18H15Cl2NO4. The number of hydrogen-bond donors (Lipinski definition) is 1. The molecule has 2 aromatic carbocycles. The third-order valence-electron chi connectivity index (χ3n) is 4.30. The summed E-state index contributed by atoms with van der Waals surface area (Å²) in [7, 11) is 3.02. The zero-order chi connectivity index (χ0) is 18.4. The fourth-order valence-electron chi connectivity index (χ4n) is 3.00. The Bertz CT molecular complexity index is 866. The van der Waals surface area contributed by atoms with Crippen molar-refractivity contribution in [3.8, 4) is 5.75 Å². The summed E-state index contributed by atoms with van der Waals surface area (Å²) in [4.78, 5) is 26.5. The van der Waals surface area contributed by atoms with Gasteiger partial charge in [-0.1, -0.05) is 23.2 Å². The summed E-state index contributed by atoms with van der Waals surface area (Å²) in [5, 5.41) is 11.5. The molecule has 25 heavy (non-hydrogen) atoms. The van der Waals surface area contributed by atoms with Gasteiger partial charge in [0.05, 0.1) is 24.2 Å². The average Bonchev–Trinajstić information content (AvgIpc) is 2.76. The second-order valence-electron chi connectivity index (χ2n) is 5.84. The number of ketones is 1. The molecule has 1 aliphatic heterocycles. The number of ether oxygens (including phenoxy) is 1. The molecule has 0 spiro atoms. The Morgan fingerprint density at radius 1 is 1.24 bits per heavy atom. The highest BCUT2D eigenvalue weighted by Gasteiger charge is 2.50. The van der Waals surface area contributed by atoms with Gasteiger partial charge >= 0.3 is 0 Å². The number of methoxy groups -OCH3 is 1. The number of fused-ring (bicyclic) bond motifs is 1. The van der Waals surface area contributed by atoms with Crippen LogP contribution in [0.4, 0.5) is 5.69 Å². The molecule has 3 rings (SSSR count). The maximum absolute atomic E-state index is 12.6. The zero-order valence-electron chi connectivity index (χ0n) is 13.5. The van der Waals surface area contributed by atoms with Crippen molar-refractivity contribution in [2.75, 3.05) is 19.1 Å². The van der Waals surface area contributed by atoms with Gasteiger partial charge < -0.3 is 14.7 Å².